The molecular weight excluding hydrogens is 132 g/mol. The van der Waals surface area contributed by atoms with Crippen LogP contribution in [0.1, 0.15) is 13.8 Å². The molecule has 4 heteroatoms. The second-order valence-corrected chi connectivity index (χ2v) is 2.25. The normalized spacial score (nSPS) is 10.3. The first-order chi connectivity index (χ1) is 4.70. The fourth-order valence-corrected chi connectivity index (χ4v) is 0.601. The molecule has 56 valence electrons. The molecule has 1 heterocycles. The second-order valence-electron chi connectivity index (χ2n) is 2.25. The largest absolute Gasteiger partial charge is 0.392 e. The molecule has 1 aromatic rings. The first-order valence-corrected chi connectivity index (χ1v) is 3.13. The van der Waals surface area contributed by atoms with Gasteiger partial charge in [-0.2, -0.15) is 0 Å². The zero-order valence-corrected chi connectivity index (χ0v) is 6.00. The van der Waals surface area contributed by atoms with Gasteiger partial charge in [-0.25, -0.2) is 0 Å². The summed E-state index contributed by atoms with van der Waals surface area (Å²) in [6.45, 7) is 3.71. The quantitative estimate of drug-likeness (QED) is 0.632. The van der Waals surface area contributed by atoms with Crippen molar-refractivity contribution in [2.24, 2.45) is 0 Å². The Hall–Kier alpha value is -1.19. The average Bonchev–Trinajstić information content (AvgIpc) is 2.15. The Bertz CT molecular complexity index is 248. The van der Waals surface area contributed by atoms with Crippen molar-refractivity contribution in [2.45, 2.75) is 20.0 Å². The van der Waals surface area contributed by atoms with Crippen molar-refractivity contribution in [2.75, 3.05) is 0 Å². The molecular formula is C6H10N2O2. The third-order valence-corrected chi connectivity index (χ3v) is 0.934. The Kier molecular flexibility index (Phi) is 1.80. The van der Waals surface area contributed by atoms with E-state index in [1.165, 1.54) is 12.3 Å². The molecule has 4 nitrogen and oxygen atoms in total. The summed E-state index contributed by atoms with van der Waals surface area (Å²) in [6.07, 6.45) is 1.54. The van der Waals surface area contributed by atoms with Crippen LogP contribution in [0.25, 0.3) is 0 Å². The molecule has 0 spiro atoms. The molecule has 0 radical (unpaired) electrons. The fourth-order valence-electron chi connectivity index (χ4n) is 0.601. The van der Waals surface area contributed by atoms with Crippen LogP contribution in [0.3, 0.4) is 0 Å². The molecule has 0 aliphatic heterocycles. The summed E-state index contributed by atoms with van der Waals surface area (Å²) in [4.78, 5) is 16.9. The van der Waals surface area contributed by atoms with Gasteiger partial charge >= 0.3 is 5.56 Å². The molecule has 0 aliphatic carbocycles. The predicted molar refractivity (Wildman–Crippen MR) is 36.8 cm³/mol. The van der Waals surface area contributed by atoms with Crippen LogP contribution in [-0.2, 0) is 0 Å². The van der Waals surface area contributed by atoms with Gasteiger partial charge in [-0.05, 0) is 13.8 Å². The van der Waals surface area contributed by atoms with Gasteiger partial charge in [0.1, 0.15) is 6.10 Å². The number of aromatic nitrogens is 2. The molecule has 1 rings (SSSR count). The molecule has 0 aromatic carbocycles. The van der Waals surface area contributed by atoms with Gasteiger partial charge in [-0.3, -0.25) is 9.89 Å². The predicted octanol–water partition coefficient (Wildman–Crippen LogP) is 0.0134. The Labute approximate surface area is 58.4 Å². The number of hydrogen-bond donors (Lipinski definition) is 1. The van der Waals surface area contributed by atoms with E-state index in [0.717, 1.165) is 4.85 Å². The number of nitrogens with zero attached hydrogens (tertiary/aromatic N) is 1. The van der Waals surface area contributed by atoms with E-state index in [9.17, 15) is 4.79 Å². The maximum absolute atomic E-state index is 10.8. The van der Waals surface area contributed by atoms with Crippen molar-refractivity contribution in [1.82, 2.24) is 9.94 Å². The van der Waals surface area contributed by atoms with Gasteiger partial charge in [0.2, 0.25) is 0 Å². The molecule has 0 unspecified atom stereocenters. The monoisotopic (exact) mass is 142 g/mol. The van der Waals surface area contributed by atoms with Gasteiger partial charge in [0.25, 0.3) is 0 Å². The molecule has 1 N–H and O–H groups in total. The zero-order chi connectivity index (χ0) is 7.56. The molecule has 1 aromatic heterocycles. The third-order valence-electron chi connectivity index (χ3n) is 0.934. The van der Waals surface area contributed by atoms with Crippen LogP contribution in [-0.4, -0.2) is 16.0 Å². The summed E-state index contributed by atoms with van der Waals surface area (Å²) < 4.78 is 0. The third kappa shape index (κ3) is 1.40. The van der Waals surface area contributed by atoms with E-state index in [4.69, 9.17) is 4.84 Å². The Morgan fingerprint density at radius 3 is 2.80 bits per heavy atom. The lowest BCUT2D eigenvalue weighted by molar-refractivity contribution is 0.0302. The van der Waals surface area contributed by atoms with E-state index >= 15 is 0 Å². The van der Waals surface area contributed by atoms with Crippen molar-refractivity contribution >= 4 is 0 Å². The smallest absolute Gasteiger partial charge is 0.302 e. The first kappa shape index (κ1) is 6.92. The van der Waals surface area contributed by atoms with Crippen molar-refractivity contribution in [1.29, 1.82) is 0 Å². The van der Waals surface area contributed by atoms with Crippen LogP contribution >= 0.6 is 0 Å². The highest BCUT2D eigenvalue weighted by Crippen LogP contribution is 1.79. The minimum atomic E-state index is -0.172. The van der Waals surface area contributed by atoms with Gasteiger partial charge in [-0.1, -0.05) is 4.85 Å². The highest BCUT2D eigenvalue weighted by atomic mass is 16.7. The Morgan fingerprint density at radius 2 is 2.40 bits per heavy atom. The van der Waals surface area contributed by atoms with E-state index < -0.39 is 0 Å². The molecule has 0 fully saturated rings. The first-order valence-electron chi connectivity index (χ1n) is 3.13. The Balaban J connectivity index is 2.75. The standard InChI is InChI=1S/C6H10N2O2/c1-5(2)10-8-6(9)3-4-7-8/h3-5,7H,1-2H3. The topological polar surface area (TPSA) is 47.0 Å². The van der Waals surface area contributed by atoms with Crippen LogP contribution in [0.15, 0.2) is 17.1 Å². The van der Waals surface area contributed by atoms with Crippen molar-refractivity contribution < 1.29 is 4.84 Å². The highest BCUT2D eigenvalue weighted by Gasteiger charge is 1.97. The Morgan fingerprint density at radius 1 is 1.70 bits per heavy atom. The highest BCUT2D eigenvalue weighted by molar-refractivity contribution is 4.77. The van der Waals surface area contributed by atoms with Crippen molar-refractivity contribution in [3.05, 3.63) is 22.6 Å². The second kappa shape index (κ2) is 2.60. The van der Waals surface area contributed by atoms with Crippen LogP contribution in [0.4, 0.5) is 0 Å². The summed E-state index contributed by atoms with van der Waals surface area (Å²) in [5.41, 5.74) is -0.172. The number of aromatic amines is 1. The SMILES string of the molecule is CC(C)On1[nH]ccc1=O. The number of rotatable bonds is 2. The number of nitrogens with one attached hydrogen (secondary N) is 1. The van der Waals surface area contributed by atoms with Crippen LogP contribution in [0.5, 0.6) is 0 Å². The molecule has 0 atom stereocenters. The van der Waals surface area contributed by atoms with Gasteiger partial charge in [-0.15, -0.1) is 0 Å². The summed E-state index contributed by atoms with van der Waals surface area (Å²) in [5.74, 6) is 0. The summed E-state index contributed by atoms with van der Waals surface area (Å²) in [6, 6.07) is 1.41. The van der Waals surface area contributed by atoms with Crippen LogP contribution in [0, 0.1) is 0 Å². The van der Waals surface area contributed by atoms with Gasteiger partial charge in [0.05, 0.1) is 0 Å². The lowest BCUT2D eigenvalue weighted by Crippen LogP contribution is -2.28. The average molecular weight is 142 g/mol. The molecule has 0 saturated carbocycles. The number of H-pyrrole nitrogens is 1. The summed E-state index contributed by atoms with van der Waals surface area (Å²) in [5, 5.41) is 2.62. The van der Waals surface area contributed by atoms with Crippen molar-refractivity contribution in [3.8, 4) is 0 Å². The van der Waals surface area contributed by atoms with Gasteiger partial charge in [0, 0.05) is 12.3 Å². The lowest BCUT2D eigenvalue weighted by atomic mass is 10.5. The van der Waals surface area contributed by atoms with E-state index in [1.54, 1.807) is 0 Å². The molecule has 0 saturated heterocycles. The molecule has 0 amide bonds. The van der Waals surface area contributed by atoms with E-state index in [2.05, 4.69) is 5.10 Å². The maximum Gasteiger partial charge on any atom is 0.302 e. The van der Waals surface area contributed by atoms with Crippen LogP contribution in [0.2, 0.25) is 0 Å². The van der Waals surface area contributed by atoms with Gasteiger partial charge < -0.3 is 4.84 Å². The molecule has 0 bridgehead atoms. The molecule has 10 heavy (non-hydrogen) atoms. The lowest BCUT2D eigenvalue weighted by Gasteiger charge is -2.06. The summed E-state index contributed by atoms with van der Waals surface area (Å²) >= 11 is 0. The minimum absolute atomic E-state index is 0.0105. The fraction of sp³-hybridized carbons (Fsp3) is 0.500. The van der Waals surface area contributed by atoms with Crippen molar-refractivity contribution in [3.63, 3.8) is 0 Å². The minimum Gasteiger partial charge on any atom is -0.392 e. The van der Waals surface area contributed by atoms with Gasteiger partial charge in [0.15, 0.2) is 0 Å². The van der Waals surface area contributed by atoms with E-state index in [1.807, 2.05) is 13.8 Å². The van der Waals surface area contributed by atoms with E-state index in [0.29, 0.717) is 0 Å². The summed E-state index contributed by atoms with van der Waals surface area (Å²) in [7, 11) is 0. The van der Waals surface area contributed by atoms with Crippen LogP contribution < -0.4 is 10.4 Å². The maximum atomic E-state index is 10.8. The molecule has 0 aliphatic rings. The number of hydrogen-bond acceptors (Lipinski definition) is 2. The van der Waals surface area contributed by atoms with E-state index in [-0.39, 0.29) is 11.7 Å². The zero-order valence-electron chi connectivity index (χ0n) is 6.00.